The quantitative estimate of drug-likeness (QED) is 0.771. The average Bonchev–Trinajstić information content (AvgIpc) is 2.24. The highest BCUT2D eigenvalue weighted by atomic mass is 16.6. The van der Waals surface area contributed by atoms with Crippen molar-refractivity contribution in [1.29, 1.82) is 0 Å². The number of rotatable bonds is 1. The number of hydrogen-bond donors (Lipinski definition) is 2. The maximum absolute atomic E-state index is 12.0. The molecule has 1 heterocycles. The minimum Gasteiger partial charge on any atom is -0.444 e. The Kier molecular flexibility index (Phi) is 3.80. The van der Waals surface area contributed by atoms with E-state index in [1.807, 2.05) is 27.7 Å². The Hall–Kier alpha value is -0.810. The van der Waals surface area contributed by atoms with Crippen molar-refractivity contribution < 1.29 is 14.6 Å². The fourth-order valence-electron chi connectivity index (χ4n) is 3.62. The van der Waals surface area contributed by atoms with Crippen LogP contribution < -0.4 is 5.73 Å². The third-order valence-electron chi connectivity index (χ3n) is 4.38. The largest absolute Gasteiger partial charge is 0.444 e. The van der Waals surface area contributed by atoms with Gasteiger partial charge < -0.3 is 20.5 Å². The molecule has 0 atom stereocenters. The van der Waals surface area contributed by atoms with Crippen molar-refractivity contribution in [2.75, 3.05) is 13.1 Å². The van der Waals surface area contributed by atoms with Gasteiger partial charge in [-0.05, 0) is 59.3 Å². The van der Waals surface area contributed by atoms with E-state index in [0.717, 1.165) is 12.8 Å². The fourth-order valence-corrected chi connectivity index (χ4v) is 3.62. The average molecular weight is 284 g/mol. The van der Waals surface area contributed by atoms with Gasteiger partial charge in [0.1, 0.15) is 5.60 Å². The van der Waals surface area contributed by atoms with Crippen LogP contribution in [0.5, 0.6) is 0 Å². The zero-order valence-corrected chi connectivity index (χ0v) is 13.1. The highest BCUT2D eigenvalue weighted by molar-refractivity contribution is 5.68. The van der Waals surface area contributed by atoms with Crippen LogP contribution in [0, 0.1) is 5.92 Å². The van der Waals surface area contributed by atoms with Gasteiger partial charge in [0.15, 0.2) is 0 Å². The molecule has 5 heteroatoms. The van der Waals surface area contributed by atoms with Gasteiger partial charge in [-0.2, -0.15) is 0 Å². The van der Waals surface area contributed by atoms with Gasteiger partial charge in [0, 0.05) is 18.6 Å². The van der Waals surface area contributed by atoms with Crippen molar-refractivity contribution in [3.63, 3.8) is 0 Å². The molecule has 1 aliphatic carbocycles. The maximum Gasteiger partial charge on any atom is 0.410 e. The number of nitrogens with zero attached hydrogens (tertiary/aromatic N) is 1. The molecule has 3 N–H and O–H groups in total. The van der Waals surface area contributed by atoms with Crippen molar-refractivity contribution in [2.45, 2.75) is 70.1 Å². The topological polar surface area (TPSA) is 75.8 Å². The second-order valence-electron chi connectivity index (χ2n) is 7.83. The minimum absolute atomic E-state index is 0.234. The number of amides is 1. The number of aliphatic hydroxyl groups is 1. The first-order valence-electron chi connectivity index (χ1n) is 7.50. The van der Waals surface area contributed by atoms with E-state index >= 15 is 0 Å². The molecular weight excluding hydrogens is 256 g/mol. The number of ether oxygens (including phenoxy) is 1. The standard InChI is InChI=1S/C15H28N2O3/c1-13(2,3)20-12(18)17-7-5-11(6-8-17)15(16)9-14(4,19)10-15/h11,19H,5-10,16H2,1-4H3. The second kappa shape index (κ2) is 4.88. The van der Waals surface area contributed by atoms with Crippen molar-refractivity contribution in [2.24, 2.45) is 11.7 Å². The van der Waals surface area contributed by atoms with Crippen molar-refractivity contribution in [3.05, 3.63) is 0 Å². The van der Waals surface area contributed by atoms with Crippen LogP contribution in [-0.4, -0.2) is 45.9 Å². The Bertz CT molecular complexity index is 371. The van der Waals surface area contributed by atoms with Gasteiger partial charge in [0.05, 0.1) is 5.60 Å². The molecule has 116 valence electrons. The Labute approximate surface area is 121 Å². The summed E-state index contributed by atoms with van der Waals surface area (Å²) >= 11 is 0. The third-order valence-corrected chi connectivity index (χ3v) is 4.38. The van der Waals surface area contributed by atoms with Crippen molar-refractivity contribution in [1.82, 2.24) is 4.90 Å². The first-order valence-corrected chi connectivity index (χ1v) is 7.50. The van der Waals surface area contributed by atoms with E-state index in [9.17, 15) is 9.90 Å². The number of likely N-dealkylation sites (tertiary alicyclic amines) is 1. The number of carbonyl (C=O) groups excluding carboxylic acids is 1. The molecule has 0 aromatic carbocycles. The maximum atomic E-state index is 12.0. The molecule has 0 radical (unpaired) electrons. The van der Waals surface area contributed by atoms with Crippen LogP contribution in [0.3, 0.4) is 0 Å². The van der Waals surface area contributed by atoms with E-state index in [-0.39, 0.29) is 11.6 Å². The second-order valence-corrected chi connectivity index (χ2v) is 7.83. The van der Waals surface area contributed by atoms with E-state index in [1.54, 1.807) is 4.90 Å². The van der Waals surface area contributed by atoms with Crippen LogP contribution in [-0.2, 0) is 4.74 Å². The summed E-state index contributed by atoms with van der Waals surface area (Å²) in [6.45, 7) is 8.87. The van der Waals surface area contributed by atoms with Crippen LogP contribution >= 0.6 is 0 Å². The van der Waals surface area contributed by atoms with Crippen LogP contribution in [0.4, 0.5) is 4.79 Å². The van der Waals surface area contributed by atoms with E-state index in [2.05, 4.69) is 0 Å². The monoisotopic (exact) mass is 284 g/mol. The lowest BCUT2D eigenvalue weighted by atomic mass is 9.58. The highest BCUT2D eigenvalue weighted by Gasteiger charge is 2.53. The van der Waals surface area contributed by atoms with E-state index in [4.69, 9.17) is 10.5 Å². The van der Waals surface area contributed by atoms with E-state index < -0.39 is 11.2 Å². The van der Waals surface area contributed by atoms with Gasteiger partial charge in [0.2, 0.25) is 0 Å². The summed E-state index contributed by atoms with van der Waals surface area (Å²) in [6, 6.07) is 0. The molecule has 0 bridgehead atoms. The molecule has 2 fully saturated rings. The normalized spacial score (nSPS) is 35.6. The van der Waals surface area contributed by atoms with Crippen LogP contribution in [0.1, 0.15) is 53.4 Å². The van der Waals surface area contributed by atoms with Crippen LogP contribution in [0.2, 0.25) is 0 Å². The van der Waals surface area contributed by atoms with E-state index in [1.165, 1.54) is 0 Å². The van der Waals surface area contributed by atoms with Gasteiger partial charge in [-0.1, -0.05) is 0 Å². The van der Waals surface area contributed by atoms with Crippen molar-refractivity contribution in [3.8, 4) is 0 Å². The molecular formula is C15H28N2O3. The SMILES string of the molecule is CC1(O)CC(N)(C2CCN(C(=O)OC(C)(C)C)CC2)C1. The predicted octanol–water partition coefficient (Wildman–Crippen LogP) is 1.88. The third kappa shape index (κ3) is 3.44. The summed E-state index contributed by atoms with van der Waals surface area (Å²) in [4.78, 5) is 13.8. The fraction of sp³-hybridized carbons (Fsp3) is 0.933. The molecule has 0 unspecified atom stereocenters. The Morgan fingerprint density at radius 2 is 1.80 bits per heavy atom. The molecule has 0 spiro atoms. The van der Waals surface area contributed by atoms with Gasteiger partial charge in [-0.15, -0.1) is 0 Å². The van der Waals surface area contributed by atoms with E-state index in [0.29, 0.717) is 31.8 Å². The molecule has 20 heavy (non-hydrogen) atoms. The molecule has 1 saturated carbocycles. The van der Waals surface area contributed by atoms with Crippen LogP contribution in [0.25, 0.3) is 0 Å². The predicted molar refractivity (Wildman–Crippen MR) is 77.3 cm³/mol. The molecule has 0 aromatic rings. The molecule has 2 aliphatic rings. The summed E-state index contributed by atoms with van der Waals surface area (Å²) < 4.78 is 5.39. The molecule has 0 aromatic heterocycles. The number of hydrogen-bond acceptors (Lipinski definition) is 4. The zero-order valence-electron chi connectivity index (χ0n) is 13.1. The van der Waals surface area contributed by atoms with Gasteiger partial charge in [-0.3, -0.25) is 0 Å². The first-order chi connectivity index (χ1) is 9.01. The van der Waals surface area contributed by atoms with Gasteiger partial charge >= 0.3 is 6.09 Å². The Morgan fingerprint density at radius 3 is 2.20 bits per heavy atom. The first kappa shape index (κ1) is 15.6. The molecule has 1 aliphatic heterocycles. The summed E-state index contributed by atoms with van der Waals surface area (Å²) in [6.07, 6.45) is 2.88. The number of nitrogens with two attached hydrogens (primary N) is 1. The summed E-state index contributed by atoms with van der Waals surface area (Å²) in [7, 11) is 0. The minimum atomic E-state index is -0.600. The number of piperidine rings is 1. The lowest BCUT2D eigenvalue weighted by molar-refractivity contribution is -0.100. The molecule has 2 rings (SSSR count). The summed E-state index contributed by atoms with van der Waals surface area (Å²) in [5.74, 6) is 0.390. The summed E-state index contributed by atoms with van der Waals surface area (Å²) in [5, 5.41) is 9.88. The Morgan fingerprint density at radius 1 is 1.30 bits per heavy atom. The lowest BCUT2D eigenvalue weighted by Gasteiger charge is -2.55. The lowest BCUT2D eigenvalue weighted by Crippen LogP contribution is -2.66. The molecule has 1 amide bonds. The zero-order chi connectivity index (χ0) is 15.2. The number of carbonyl (C=O) groups is 1. The van der Waals surface area contributed by atoms with Gasteiger partial charge in [-0.25, -0.2) is 4.79 Å². The smallest absolute Gasteiger partial charge is 0.410 e. The molecule has 1 saturated heterocycles. The highest BCUT2D eigenvalue weighted by Crippen LogP contribution is 2.46. The Balaban J connectivity index is 1.83. The summed E-state index contributed by atoms with van der Waals surface area (Å²) in [5.41, 5.74) is 5.09. The van der Waals surface area contributed by atoms with Crippen molar-refractivity contribution >= 4 is 6.09 Å². The van der Waals surface area contributed by atoms with Crippen LogP contribution in [0.15, 0.2) is 0 Å². The van der Waals surface area contributed by atoms with Gasteiger partial charge in [0.25, 0.3) is 0 Å². The molecule has 5 nitrogen and oxygen atoms in total.